The van der Waals surface area contributed by atoms with Crippen LogP contribution in [0, 0.1) is 6.92 Å². The normalized spacial score (nSPS) is 13.1. The van der Waals surface area contributed by atoms with E-state index in [0.29, 0.717) is 6.92 Å². The Bertz CT molecular complexity index is 801. The highest BCUT2D eigenvalue weighted by Gasteiger charge is 2.73. The zero-order chi connectivity index (χ0) is 23.7. The molecule has 0 saturated carbocycles. The van der Waals surface area contributed by atoms with Gasteiger partial charge in [-0.25, -0.2) is 9.18 Å². The molecule has 0 aliphatic carbocycles. The lowest BCUT2D eigenvalue weighted by Gasteiger charge is -2.31. The van der Waals surface area contributed by atoms with E-state index >= 15 is 0 Å². The van der Waals surface area contributed by atoms with Crippen molar-refractivity contribution in [1.82, 2.24) is 5.43 Å². The minimum absolute atomic E-state index is 0.116. The third kappa shape index (κ3) is 4.87. The fraction of sp³-hybridized carbons (Fsp3) is 0.467. The van der Waals surface area contributed by atoms with E-state index in [1.165, 1.54) is 12.3 Å². The van der Waals surface area contributed by atoms with E-state index in [0.717, 1.165) is 0 Å². The summed E-state index contributed by atoms with van der Waals surface area (Å²) in [5.74, 6) is -3.15. The zero-order valence-electron chi connectivity index (χ0n) is 14.9. The Kier molecular flexibility index (Phi) is 6.90. The van der Waals surface area contributed by atoms with Gasteiger partial charge in [-0.15, -0.1) is 0 Å². The number of halogens is 10. The molecule has 0 atom stereocenters. The molecule has 1 rings (SSSR count). The minimum Gasteiger partial charge on any atom is -0.459 e. The van der Waals surface area contributed by atoms with Crippen LogP contribution in [0.15, 0.2) is 12.1 Å². The molecule has 0 bridgehead atoms. The van der Waals surface area contributed by atoms with Gasteiger partial charge in [-0.05, 0) is 25.5 Å². The zero-order valence-corrected chi connectivity index (χ0v) is 14.9. The Morgan fingerprint density at radius 3 is 1.83 bits per heavy atom. The molecule has 0 radical (unpaired) electrons. The first-order valence-electron chi connectivity index (χ1n) is 7.65. The molecule has 0 fully saturated rings. The summed E-state index contributed by atoms with van der Waals surface area (Å²) in [6.07, 6.45) is -18.8. The lowest BCUT2D eigenvalue weighted by atomic mass is 9.90. The number of aryl methyl sites for hydroxylation is 1. The standard InChI is InChI=1S/C15H12F10N2O3/c1-3-30-11(29)10(28)27-26-9-6(2)4-7(5-8(9)13(17,18)19)12(16,14(20,21)22)15(23,24)25/h4-5,26H,3H2,1-2H3,(H,27,28). The van der Waals surface area contributed by atoms with Crippen LogP contribution in [-0.4, -0.2) is 30.8 Å². The number of alkyl halides is 10. The average molecular weight is 458 g/mol. The van der Waals surface area contributed by atoms with Gasteiger partial charge < -0.3 is 4.74 Å². The van der Waals surface area contributed by atoms with Crippen LogP contribution >= 0.6 is 0 Å². The fourth-order valence-corrected chi connectivity index (χ4v) is 2.23. The molecule has 170 valence electrons. The monoisotopic (exact) mass is 458 g/mol. The van der Waals surface area contributed by atoms with Gasteiger partial charge >= 0.3 is 36.1 Å². The van der Waals surface area contributed by atoms with Crippen molar-refractivity contribution in [1.29, 1.82) is 0 Å². The molecule has 0 aromatic heterocycles. The number of ether oxygens (including phenoxy) is 1. The molecule has 0 saturated heterocycles. The van der Waals surface area contributed by atoms with Crippen molar-refractivity contribution < 1.29 is 58.2 Å². The first kappa shape index (κ1) is 25.3. The topological polar surface area (TPSA) is 67.4 Å². The van der Waals surface area contributed by atoms with E-state index in [2.05, 4.69) is 4.74 Å². The summed E-state index contributed by atoms with van der Waals surface area (Å²) in [6.45, 7) is 1.65. The Balaban J connectivity index is 3.57. The maximum atomic E-state index is 14.2. The Labute approximate surface area is 161 Å². The van der Waals surface area contributed by atoms with Crippen molar-refractivity contribution in [2.75, 3.05) is 12.0 Å². The van der Waals surface area contributed by atoms with Crippen molar-refractivity contribution in [3.8, 4) is 0 Å². The van der Waals surface area contributed by atoms with E-state index in [-0.39, 0.29) is 12.7 Å². The Hall–Kier alpha value is -2.74. The summed E-state index contributed by atoms with van der Waals surface area (Å²) < 4.78 is 135. The van der Waals surface area contributed by atoms with Crippen LogP contribution in [0.1, 0.15) is 23.6 Å². The van der Waals surface area contributed by atoms with Crippen LogP contribution in [0.4, 0.5) is 49.6 Å². The molecule has 30 heavy (non-hydrogen) atoms. The smallest absolute Gasteiger partial charge is 0.435 e. The van der Waals surface area contributed by atoms with Gasteiger partial charge in [0.05, 0.1) is 17.9 Å². The molecule has 0 aliphatic rings. The van der Waals surface area contributed by atoms with Crippen molar-refractivity contribution in [2.24, 2.45) is 0 Å². The quantitative estimate of drug-likeness (QED) is 0.306. The van der Waals surface area contributed by atoms with Gasteiger partial charge in [0.25, 0.3) is 0 Å². The first-order valence-corrected chi connectivity index (χ1v) is 7.65. The van der Waals surface area contributed by atoms with E-state index in [4.69, 9.17) is 0 Å². The number of carbonyl (C=O) groups excluding carboxylic acids is 2. The number of amides is 1. The van der Waals surface area contributed by atoms with Crippen LogP contribution in [-0.2, 0) is 26.2 Å². The highest BCUT2D eigenvalue weighted by Crippen LogP contribution is 2.54. The summed E-state index contributed by atoms with van der Waals surface area (Å²) in [7, 11) is 0. The predicted octanol–water partition coefficient (Wildman–Crippen LogP) is 4.31. The number of hydrazine groups is 1. The number of hydrogen-bond donors (Lipinski definition) is 2. The summed E-state index contributed by atoms with van der Waals surface area (Å²) in [4.78, 5) is 22.5. The predicted molar refractivity (Wildman–Crippen MR) is 79.5 cm³/mol. The molecule has 1 aromatic rings. The van der Waals surface area contributed by atoms with Crippen molar-refractivity contribution in [3.05, 3.63) is 28.8 Å². The lowest BCUT2D eigenvalue weighted by Crippen LogP contribution is -2.50. The summed E-state index contributed by atoms with van der Waals surface area (Å²) in [5, 5.41) is 0. The average Bonchev–Trinajstić information content (AvgIpc) is 2.56. The molecule has 5 nitrogen and oxygen atoms in total. The van der Waals surface area contributed by atoms with E-state index in [9.17, 15) is 53.5 Å². The summed E-state index contributed by atoms with van der Waals surface area (Å²) in [6, 6.07) is -0.804. The highest BCUT2D eigenvalue weighted by molar-refractivity contribution is 6.32. The number of hydrogen-bond acceptors (Lipinski definition) is 4. The number of carbonyl (C=O) groups is 2. The van der Waals surface area contributed by atoms with Crippen molar-refractivity contribution in [2.45, 2.75) is 38.0 Å². The third-order valence-corrected chi connectivity index (χ3v) is 3.58. The van der Waals surface area contributed by atoms with Crippen LogP contribution in [0.3, 0.4) is 0 Å². The van der Waals surface area contributed by atoms with Crippen LogP contribution in [0.5, 0.6) is 0 Å². The number of rotatable bonds is 4. The van der Waals surface area contributed by atoms with E-state index < -0.39 is 64.5 Å². The lowest BCUT2D eigenvalue weighted by molar-refractivity contribution is -0.348. The second-order valence-electron chi connectivity index (χ2n) is 5.67. The largest absolute Gasteiger partial charge is 0.459 e. The van der Waals surface area contributed by atoms with E-state index in [1.54, 1.807) is 5.43 Å². The number of nitrogens with one attached hydrogen (secondary N) is 2. The molecule has 0 unspecified atom stereocenters. The maximum absolute atomic E-state index is 14.2. The molecule has 1 aromatic carbocycles. The van der Waals surface area contributed by atoms with Crippen molar-refractivity contribution >= 4 is 17.6 Å². The molecule has 2 N–H and O–H groups in total. The molecule has 0 heterocycles. The second-order valence-corrected chi connectivity index (χ2v) is 5.67. The van der Waals surface area contributed by atoms with Crippen LogP contribution < -0.4 is 10.9 Å². The molecule has 1 amide bonds. The maximum Gasteiger partial charge on any atom is 0.435 e. The number of anilines is 1. The fourth-order valence-electron chi connectivity index (χ4n) is 2.23. The van der Waals surface area contributed by atoms with Gasteiger partial charge in [0.2, 0.25) is 0 Å². The third-order valence-electron chi connectivity index (χ3n) is 3.58. The van der Waals surface area contributed by atoms with Gasteiger partial charge in [-0.3, -0.25) is 15.6 Å². The summed E-state index contributed by atoms with van der Waals surface area (Å²) >= 11 is 0. The molecule has 0 spiro atoms. The molecule has 15 heteroatoms. The van der Waals surface area contributed by atoms with Gasteiger partial charge in [0.1, 0.15) is 0 Å². The van der Waals surface area contributed by atoms with Gasteiger partial charge in [0.15, 0.2) is 0 Å². The summed E-state index contributed by atoms with van der Waals surface area (Å²) in [5.41, 5.74) is -9.75. The Morgan fingerprint density at radius 1 is 0.933 bits per heavy atom. The second kappa shape index (κ2) is 8.18. The van der Waals surface area contributed by atoms with Crippen LogP contribution in [0.25, 0.3) is 0 Å². The first-order chi connectivity index (χ1) is 13.4. The highest BCUT2D eigenvalue weighted by atomic mass is 19.4. The van der Waals surface area contributed by atoms with E-state index in [1.807, 2.05) is 0 Å². The van der Waals surface area contributed by atoms with Gasteiger partial charge in [-0.2, -0.15) is 39.5 Å². The SMILES string of the molecule is CCOC(=O)C(=O)NNc1c(C)cc(C(F)(C(F)(F)F)C(F)(F)F)cc1C(F)(F)F. The molecular formula is C15H12F10N2O3. The number of benzene rings is 1. The van der Waals surface area contributed by atoms with Gasteiger partial charge in [0, 0.05) is 5.56 Å². The number of esters is 1. The Morgan fingerprint density at radius 2 is 1.43 bits per heavy atom. The van der Waals surface area contributed by atoms with Crippen LogP contribution in [0.2, 0.25) is 0 Å². The minimum atomic E-state index is -6.63. The van der Waals surface area contributed by atoms with Crippen molar-refractivity contribution in [3.63, 3.8) is 0 Å². The molecular weight excluding hydrogens is 446 g/mol. The molecule has 0 aliphatic heterocycles. The van der Waals surface area contributed by atoms with Gasteiger partial charge in [-0.1, -0.05) is 6.07 Å².